The van der Waals surface area contributed by atoms with Crippen molar-refractivity contribution >= 4 is 21.4 Å². The minimum Gasteiger partial charge on any atom is -0.387 e. The van der Waals surface area contributed by atoms with Gasteiger partial charge < -0.3 is 5.32 Å². The zero-order valence-electron chi connectivity index (χ0n) is 12.5. The number of nitrogens with one attached hydrogen (secondary N) is 1. The topological polar surface area (TPSA) is 92.5 Å². The van der Waals surface area contributed by atoms with Crippen LogP contribution in [0.1, 0.15) is 26.2 Å². The molecule has 0 aromatic heterocycles. The standard InChI is InChI=1S/C13H21N3O4S/c1-4-5-6-9-15(3)21(19,20)13-8-7-11(16(17)18)10-12(13)14-2/h7-8,10,14H,4-6,9H2,1-3H3. The molecule has 0 amide bonds. The number of nitrogens with zero attached hydrogens (tertiary/aromatic N) is 2. The number of rotatable bonds is 8. The van der Waals surface area contributed by atoms with Crippen molar-refractivity contribution in [1.29, 1.82) is 0 Å². The summed E-state index contributed by atoms with van der Waals surface area (Å²) in [5, 5.41) is 13.5. The van der Waals surface area contributed by atoms with Gasteiger partial charge >= 0.3 is 0 Å². The van der Waals surface area contributed by atoms with E-state index in [1.807, 2.05) is 6.92 Å². The van der Waals surface area contributed by atoms with Gasteiger partial charge in [0.25, 0.3) is 5.69 Å². The summed E-state index contributed by atoms with van der Waals surface area (Å²) in [6, 6.07) is 3.70. The maximum Gasteiger partial charge on any atom is 0.271 e. The van der Waals surface area contributed by atoms with E-state index in [0.29, 0.717) is 6.54 Å². The van der Waals surface area contributed by atoms with Crippen LogP contribution in [0.2, 0.25) is 0 Å². The lowest BCUT2D eigenvalue weighted by molar-refractivity contribution is -0.384. The van der Waals surface area contributed by atoms with Crippen molar-refractivity contribution in [1.82, 2.24) is 4.31 Å². The normalized spacial score (nSPS) is 11.6. The van der Waals surface area contributed by atoms with E-state index in [0.717, 1.165) is 19.3 Å². The predicted molar refractivity (Wildman–Crippen MR) is 82.0 cm³/mol. The van der Waals surface area contributed by atoms with E-state index in [1.165, 1.54) is 36.6 Å². The van der Waals surface area contributed by atoms with Crippen molar-refractivity contribution < 1.29 is 13.3 Å². The monoisotopic (exact) mass is 315 g/mol. The molecule has 0 fully saturated rings. The zero-order valence-corrected chi connectivity index (χ0v) is 13.3. The van der Waals surface area contributed by atoms with Crippen molar-refractivity contribution in [2.45, 2.75) is 31.1 Å². The average Bonchev–Trinajstić information content (AvgIpc) is 2.46. The molecular weight excluding hydrogens is 294 g/mol. The van der Waals surface area contributed by atoms with Crippen LogP contribution in [0.5, 0.6) is 0 Å². The Labute approximate surface area is 125 Å². The zero-order chi connectivity index (χ0) is 16.0. The van der Waals surface area contributed by atoms with Crippen molar-refractivity contribution in [2.24, 2.45) is 0 Å². The van der Waals surface area contributed by atoms with Crippen LogP contribution in [-0.2, 0) is 10.0 Å². The largest absolute Gasteiger partial charge is 0.387 e. The van der Waals surface area contributed by atoms with Gasteiger partial charge in [0.05, 0.1) is 10.6 Å². The van der Waals surface area contributed by atoms with Gasteiger partial charge in [0.2, 0.25) is 10.0 Å². The molecule has 118 valence electrons. The van der Waals surface area contributed by atoms with Crippen molar-refractivity contribution in [2.75, 3.05) is 26.0 Å². The molecule has 1 aromatic carbocycles. The van der Waals surface area contributed by atoms with Gasteiger partial charge in [-0.1, -0.05) is 19.8 Å². The number of nitro groups is 1. The summed E-state index contributed by atoms with van der Waals surface area (Å²) in [6.45, 7) is 2.47. The predicted octanol–water partition coefficient (Wildman–Crippen LogP) is 2.45. The highest BCUT2D eigenvalue weighted by Crippen LogP contribution is 2.28. The number of non-ortho nitro benzene ring substituents is 1. The van der Waals surface area contributed by atoms with E-state index in [-0.39, 0.29) is 16.3 Å². The molecule has 8 heteroatoms. The number of nitro benzene ring substituents is 1. The van der Waals surface area contributed by atoms with Crippen LogP contribution >= 0.6 is 0 Å². The molecule has 1 aromatic rings. The number of anilines is 1. The van der Waals surface area contributed by atoms with Gasteiger partial charge in [-0.05, 0) is 12.5 Å². The first-order valence-corrected chi connectivity index (χ1v) is 8.21. The van der Waals surface area contributed by atoms with E-state index in [4.69, 9.17) is 0 Å². The lowest BCUT2D eigenvalue weighted by Crippen LogP contribution is -2.28. The average molecular weight is 315 g/mol. The van der Waals surface area contributed by atoms with Crippen LogP contribution in [0.4, 0.5) is 11.4 Å². The Morgan fingerprint density at radius 2 is 2.00 bits per heavy atom. The number of hydrogen-bond donors (Lipinski definition) is 1. The van der Waals surface area contributed by atoms with E-state index >= 15 is 0 Å². The fourth-order valence-corrected chi connectivity index (χ4v) is 3.31. The Kier molecular flexibility index (Phi) is 6.10. The fourth-order valence-electron chi connectivity index (χ4n) is 1.92. The molecule has 0 saturated heterocycles. The summed E-state index contributed by atoms with van der Waals surface area (Å²) in [5.41, 5.74) is 0.0819. The van der Waals surface area contributed by atoms with Crippen LogP contribution in [0.15, 0.2) is 23.1 Å². The molecule has 0 saturated carbocycles. The molecule has 7 nitrogen and oxygen atoms in total. The number of sulfonamides is 1. The molecule has 0 unspecified atom stereocenters. The summed E-state index contributed by atoms with van der Waals surface area (Å²) in [4.78, 5) is 10.3. The van der Waals surface area contributed by atoms with Crippen molar-refractivity contribution in [3.05, 3.63) is 28.3 Å². The quantitative estimate of drug-likeness (QED) is 0.452. The van der Waals surface area contributed by atoms with Gasteiger partial charge in [0.1, 0.15) is 4.90 Å². The molecular formula is C13H21N3O4S. The van der Waals surface area contributed by atoms with Crippen LogP contribution in [0.25, 0.3) is 0 Å². The minimum absolute atomic E-state index is 0.0506. The van der Waals surface area contributed by atoms with Gasteiger partial charge in [-0.15, -0.1) is 0 Å². The first-order valence-electron chi connectivity index (χ1n) is 6.77. The molecule has 0 spiro atoms. The van der Waals surface area contributed by atoms with Gasteiger partial charge in [-0.3, -0.25) is 10.1 Å². The Morgan fingerprint density at radius 1 is 1.33 bits per heavy atom. The highest BCUT2D eigenvalue weighted by atomic mass is 32.2. The maximum atomic E-state index is 12.5. The van der Waals surface area contributed by atoms with E-state index < -0.39 is 14.9 Å². The Balaban J connectivity index is 3.10. The first-order chi connectivity index (χ1) is 9.84. The highest BCUT2D eigenvalue weighted by molar-refractivity contribution is 7.89. The maximum absolute atomic E-state index is 12.5. The van der Waals surface area contributed by atoms with Crippen LogP contribution in [0, 0.1) is 10.1 Å². The van der Waals surface area contributed by atoms with Crippen LogP contribution < -0.4 is 5.32 Å². The summed E-state index contributed by atoms with van der Waals surface area (Å²) >= 11 is 0. The lowest BCUT2D eigenvalue weighted by atomic mass is 10.2. The summed E-state index contributed by atoms with van der Waals surface area (Å²) in [5.74, 6) is 0. The first kappa shape index (κ1) is 17.4. The van der Waals surface area contributed by atoms with Crippen LogP contribution in [-0.4, -0.2) is 38.3 Å². The molecule has 0 bridgehead atoms. The van der Waals surface area contributed by atoms with Gasteiger partial charge in [0, 0.05) is 32.8 Å². The third-order valence-corrected chi connectivity index (χ3v) is 5.12. The molecule has 0 aliphatic carbocycles. The molecule has 0 heterocycles. The second-order valence-electron chi connectivity index (χ2n) is 4.72. The van der Waals surface area contributed by atoms with E-state index in [2.05, 4.69) is 5.32 Å². The molecule has 1 rings (SSSR count). The van der Waals surface area contributed by atoms with Gasteiger partial charge in [0.15, 0.2) is 0 Å². The van der Waals surface area contributed by atoms with Crippen LogP contribution in [0.3, 0.4) is 0 Å². The number of unbranched alkanes of at least 4 members (excludes halogenated alkanes) is 2. The lowest BCUT2D eigenvalue weighted by Gasteiger charge is -2.19. The molecule has 1 N–H and O–H groups in total. The third kappa shape index (κ3) is 4.15. The van der Waals surface area contributed by atoms with E-state index in [1.54, 1.807) is 0 Å². The molecule has 21 heavy (non-hydrogen) atoms. The summed E-state index contributed by atoms with van der Waals surface area (Å²) in [7, 11) is -0.600. The number of hydrogen-bond acceptors (Lipinski definition) is 5. The Morgan fingerprint density at radius 3 is 2.52 bits per heavy atom. The molecule has 0 atom stereocenters. The van der Waals surface area contributed by atoms with E-state index in [9.17, 15) is 18.5 Å². The fraction of sp³-hybridized carbons (Fsp3) is 0.538. The second-order valence-corrected chi connectivity index (χ2v) is 6.73. The SMILES string of the molecule is CCCCCN(C)S(=O)(=O)c1ccc([N+](=O)[O-])cc1NC. The van der Waals surface area contributed by atoms with Gasteiger partial charge in [-0.25, -0.2) is 12.7 Å². The third-order valence-electron chi connectivity index (χ3n) is 3.21. The molecule has 0 aliphatic heterocycles. The second kappa shape index (κ2) is 7.37. The molecule has 0 radical (unpaired) electrons. The minimum atomic E-state index is -3.66. The van der Waals surface area contributed by atoms with Gasteiger partial charge in [-0.2, -0.15) is 0 Å². The summed E-state index contributed by atoms with van der Waals surface area (Å²) < 4.78 is 26.3. The Bertz CT molecular complexity index is 601. The summed E-state index contributed by atoms with van der Waals surface area (Å²) in [6.07, 6.45) is 2.75. The Hall–Kier alpha value is -1.67. The smallest absolute Gasteiger partial charge is 0.271 e. The van der Waals surface area contributed by atoms with Crippen molar-refractivity contribution in [3.8, 4) is 0 Å². The van der Waals surface area contributed by atoms with Crippen molar-refractivity contribution in [3.63, 3.8) is 0 Å². The highest BCUT2D eigenvalue weighted by Gasteiger charge is 2.25. The number of benzene rings is 1. The molecule has 0 aliphatic rings.